The van der Waals surface area contributed by atoms with E-state index in [1.54, 1.807) is 9.81 Å². The van der Waals surface area contributed by atoms with Gasteiger partial charge in [-0.1, -0.05) is 51.6 Å². The van der Waals surface area contributed by atoms with E-state index in [0.29, 0.717) is 0 Å². The average Bonchev–Trinajstić information content (AvgIpc) is 2.29. The van der Waals surface area contributed by atoms with Gasteiger partial charge in [-0.2, -0.15) is 0 Å². The first-order chi connectivity index (χ1) is 8.06. The van der Waals surface area contributed by atoms with Gasteiger partial charge in [-0.25, -0.2) is 0 Å². The Balaban J connectivity index is 1.94. The van der Waals surface area contributed by atoms with Crippen LogP contribution in [-0.2, 0) is 0 Å². The van der Waals surface area contributed by atoms with Crippen LogP contribution in [0.5, 0.6) is 0 Å². The third-order valence-electron chi connectivity index (χ3n) is 4.69. The normalized spacial score (nSPS) is 38.6. The van der Waals surface area contributed by atoms with E-state index in [-0.39, 0.29) is 0 Å². The zero-order valence-electron chi connectivity index (χ0n) is 11.7. The molecule has 0 saturated carbocycles. The topological polar surface area (TPSA) is 0 Å². The van der Waals surface area contributed by atoms with Crippen LogP contribution in [0, 0.1) is 23.7 Å². The van der Waals surface area contributed by atoms with Gasteiger partial charge >= 0.3 is 0 Å². The molecule has 0 spiro atoms. The Bertz CT molecular complexity index is 294. The van der Waals surface area contributed by atoms with Crippen molar-refractivity contribution in [3.05, 3.63) is 22.0 Å². The second kappa shape index (κ2) is 5.65. The fourth-order valence-electron chi connectivity index (χ4n) is 2.64. The molecule has 4 atom stereocenters. The summed E-state index contributed by atoms with van der Waals surface area (Å²) in [6.07, 6.45) is 10.1. The smallest absolute Gasteiger partial charge is 0.0143 e. The third kappa shape index (κ3) is 3.40. The van der Waals surface area contributed by atoms with E-state index in [4.69, 9.17) is 0 Å². The Hall–Kier alpha value is -0.170. The first-order valence-corrected chi connectivity index (χ1v) is 7.93. The minimum absolute atomic E-state index is 0.864. The van der Waals surface area contributed by atoms with Gasteiger partial charge < -0.3 is 0 Å². The lowest BCUT2D eigenvalue weighted by Crippen LogP contribution is -2.14. The van der Waals surface area contributed by atoms with Crippen LogP contribution in [0.2, 0.25) is 0 Å². The first-order valence-electron chi connectivity index (χ1n) is 7.12. The number of rotatable bonds is 2. The van der Waals surface area contributed by atoms with Gasteiger partial charge in [0.2, 0.25) is 0 Å². The van der Waals surface area contributed by atoms with Crippen LogP contribution in [-0.4, -0.2) is 0 Å². The highest BCUT2D eigenvalue weighted by atomic mass is 32.2. The molecule has 0 aliphatic heterocycles. The van der Waals surface area contributed by atoms with E-state index in [1.807, 2.05) is 0 Å². The molecule has 4 unspecified atom stereocenters. The molecule has 0 aromatic carbocycles. The summed E-state index contributed by atoms with van der Waals surface area (Å²) < 4.78 is 0. The molecule has 1 heteroatoms. The van der Waals surface area contributed by atoms with Crippen molar-refractivity contribution in [2.45, 2.75) is 53.4 Å². The van der Waals surface area contributed by atoms with Gasteiger partial charge in [0.15, 0.2) is 0 Å². The Kier molecular flexibility index (Phi) is 4.41. The van der Waals surface area contributed by atoms with Crippen molar-refractivity contribution in [2.24, 2.45) is 23.7 Å². The van der Waals surface area contributed by atoms with Crippen LogP contribution < -0.4 is 0 Å². The Morgan fingerprint density at radius 1 is 0.765 bits per heavy atom. The largest absolute Gasteiger partial charge is 0.0997 e. The number of hydrogen-bond donors (Lipinski definition) is 0. The molecule has 0 aromatic rings. The summed E-state index contributed by atoms with van der Waals surface area (Å²) >= 11 is 2.08. The van der Waals surface area contributed by atoms with Crippen molar-refractivity contribution >= 4 is 11.8 Å². The average molecular weight is 250 g/mol. The Morgan fingerprint density at radius 2 is 1.18 bits per heavy atom. The molecule has 0 amide bonds. The van der Waals surface area contributed by atoms with E-state index in [9.17, 15) is 0 Å². The van der Waals surface area contributed by atoms with E-state index >= 15 is 0 Å². The highest BCUT2D eigenvalue weighted by Gasteiger charge is 2.22. The van der Waals surface area contributed by atoms with Gasteiger partial charge in [0.1, 0.15) is 0 Å². The molecular weight excluding hydrogens is 224 g/mol. The lowest BCUT2D eigenvalue weighted by molar-refractivity contribution is 0.374. The fraction of sp³-hybridized carbons (Fsp3) is 0.750. The van der Waals surface area contributed by atoms with E-state index in [2.05, 4.69) is 51.6 Å². The minimum atomic E-state index is 0.864. The van der Waals surface area contributed by atoms with Crippen LogP contribution in [0.25, 0.3) is 0 Å². The van der Waals surface area contributed by atoms with Crippen LogP contribution in [0.1, 0.15) is 53.4 Å². The summed E-state index contributed by atoms with van der Waals surface area (Å²) in [4.78, 5) is 3.26. The standard InChI is InChI=1S/C16H26S/c1-11-5-7-15(9-13(11)3)17-16-8-6-12(2)14(4)10-16/h7-8,11-14H,5-6,9-10H2,1-4H3. The molecule has 0 aromatic heterocycles. The monoisotopic (exact) mass is 250 g/mol. The molecule has 0 saturated heterocycles. The minimum Gasteiger partial charge on any atom is -0.0997 e. The lowest BCUT2D eigenvalue weighted by Gasteiger charge is -2.29. The Labute approximate surface area is 111 Å². The van der Waals surface area contributed by atoms with Crippen molar-refractivity contribution in [2.75, 3.05) is 0 Å². The Morgan fingerprint density at radius 3 is 1.53 bits per heavy atom. The van der Waals surface area contributed by atoms with Gasteiger partial charge in [-0.3, -0.25) is 0 Å². The highest BCUT2D eigenvalue weighted by Crippen LogP contribution is 2.42. The van der Waals surface area contributed by atoms with Gasteiger partial charge in [-0.15, -0.1) is 0 Å². The van der Waals surface area contributed by atoms with Gasteiger partial charge in [0.05, 0.1) is 0 Å². The molecule has 17 heavy (non-hydrogen) atoms. The molecule has 0 radical (unpaired) electrons. The van der Waals surface area contributed by atoms with E-state index in [0.717, 1.165) is 23.7 Å². The molecule has 0 nitrogen and oxygen atoms in total. The number of hydrogen-bond acceptors (Lipinski definition) is 1. The molecule has 0 N–H and O–H groups in total. The van der Waals surface area contributed by atoms with Crippen molar-refractivity contribution in [1.82, 2.24) is 0 Å². The molecule has 2 aliphatic carbocycles. The van der Waals surface area contributed by atoms with Crippen molar-refractivity contribution < 1.29 is 0 Å². The van der Waals surface area contributed by atoms with Crippen LogP contribution in [0.4, 0.5) is 0 Å². The van der Waals surface area contributed by atoms with Crippen LogP contribution in [0.3, 0.4) is 0 Å². The molecule has 0 fully saturated rings. The van der Waals surface area contributed by atoms with Crippen LogP contribution >= 0.6 is 11.8 Å². The highest BCUT2D eigenvalue weighted by molar-refractivity contribution is 8.06. The molecule has 2 rings (SSSR count). The maximum atomic E-state index is 2.48. The van der Waals surface area contributed by atoms with Crippen molar-refractivity contribution in [3.63, 3.8) is 0 Å². The second-order valence-electron chi connectivity index (χ2n) is 6.23. The first kappa shape index (κ1) is 13.3. The predicted molar refractivity (Wildman–Crippen MR) is 78.9 cm³/mol. The van der Waals surface area contributed by atoms with Gasteiger partial charge in [0.25, 0.3) is 0 Å². The zero-order chi connectivity index (χ0) is 12.4. The summed E-state index contributed by atoms with van der Waals surface area (Å²) in [6.45, 7) is 9.56. The molecule has 2 aliphatic rings. The summed E-state index contributed by atoms with van der Waals surface area (Å²) in [5.41, 5.74) is 0. The lowest BCUT2D eigenvalue weighted by atomic mass is 9.86. The van der Waals surface area contributed by atoms with Gasteiger partial charge in [-0.05, 0) is 59.2 Å². The quantitative estimate of drug-likeness (QED) is 0.613. The summed E-state index contributed by atoms with van der Waals surface area (Å²) in [5.74, 6) is 3.48. The van der Waals surface area contributed by atoms with E-state index in [1.165, 1.54) is 25.7 Å². The van der Waals surface area contributed by atoms with Crippen molar-refractivity contribution in [3.8, 4) is 0 Å². The third-order valence-corrected chi connectivity index (χ3v) is 5.88. The maximum Gasteiger partial charge on any atom is -0.0143 e. The molecular formula is C16H26S. The van der Waals surface area contributed by atoms with Gasteiger partial charge in [0, 0.05) is 0 Å². The van der Waals surface area contributed by atoms with Crippen molar-refractivity contribution in [1.29, 1.82) is 0 Å². The fourth-order valence-corrected chi connectivity index (χ4v) is 4.03. The molecule has 0 heterocycles. The molecule has 0 bridgehead atoms. The zero-order valence-corrected chi connectivity index (χ0v) is 12.5. The summed E-state index contributed by atoms with van der Waals surface area (Å²) in [7, 11) is 0. The summed E-state index contributed by atoms with van der Waals surface area (Å²) in [6, 6.07) is 0. The second-order valence-corrected chi connectivity index (χ2v) is 7.48. The predicted octanol–water partition coefficient (Wildman–Crippen LogP) is 5.62. The summed E-state index contributed by atoms with van der Waals surface area (Å²) in [5, 5.41) is 0. The van der Waals surface area contributed by atoms with Crippen LogP contribution in [0.15, 0.2) is 22.0 Å². The van der Waals surface area contributed by atoms with E-state index < -0.39 is 0 Å². The molecule has 96 valence electrons. The number of allylic oxidation sites excluding steroid dienone is 4. The SMILES string of the molecule is CC1CC=C(SC2=CCC(C)C(C)C2)CC1C. The maximum absolute atomic E-state index is 2.48. The number of thioether (sulfide) groups is 1.